The van der Waals surface area contributed by atoms with E-state index in [1.165, 1.54) is 29.1 Å². The quantitative estimate of drug-likeness (QED) is 0.826. The predicted octanol–water partition coefficient (Wildman–Crippen LogP) is 2.74. The highest BCUT2D eigenvalue weighted by atomic mass is 32.1. The molecule has 2 nitrogen and oxygen atoms in total. The van der Waals surface area contributed by atoms with Gasteiger partial charge < -0.3 is 5.32 Å². The molecule has 0 bridgehead atoms. The highest BCUT2D eigenvalue weighted by Gasteiger charge is 2.30. The molecule has 1 heterocycles. The summed E-state index contributed by atoms with van der Waals surface area (Å²) in [6.07, 6.45) is 7.10. The molecule has 3 heteroatoms. The topological polar surface area (TPSA) is 24.9 Å². The van der Waals surface area contributed by atoms with Crippen LogP contribution < -0.4 is 5.32 Å². The van der Waals surface area contributed by atoms with E-state index in [4.69, 9.17) is 0 Å². The van der Waals surface area contributed by atoms with Gasteiger partial charge in [-0.25, -0.2) is 4.98 Å². The molecule has 1 aliphatic rings. The van der Waals surface area contributed by atoms with Crippen molar-refractivity contribution in [3.63, 3.8) is 0 Å². The summed E-state index contributed by atoms with van der Waals surface area (Å²) in [4.78, 5) is 5.73. The third-order valence-corrected chi connectivity index (χ3v) is 4.19. The van der Waals surface area contributed by atoms with E-state index in [-0.39, 0.29) is 0 Å². The minimum Gasteiger partial charge on any atom is -0.307 e. The molecule has 1 aliphatic carbocycles. The SMILES string of the molecule is CCc1ncc(CNC2(C)CCC2)s1. The summed E-state index contributed by atoms with van der Waals surface area (Å²) >= 11 is 1.83. The monoisotopic (exact) mass is 210 g/mol. The Hall–Kier alpha value is -0.410. The van der Waals surface area contributed by atoms with Gasteiger partial charge in [0.1, 0.15) is 0 Å². The van der Waals surface area contributed by atoms with E-state index in [0.29, 0.717) is 5.54 Å². The average molecular weight is 210 g/mol. The second kappa shape index (κ2) is 3.99. The van der Waals surface area contributed by atoms with Crippen molar-refractivity contribution in [2.75, 3.05) is 0 Å². The Morgan fingerprint density at radius 2 is 2.36 bits per heavy atom. The third kappa shape index (κ3) is 2.15. The lowest BCUT2D eigenvalue weighted by Crippen LogP contribution is -2.47. The van der Waals surface area contributed by atoms with E-state index in [0.717, 1.165) is 13.0 Å². The van der Waals surface area contributed by atoms with E-state index in [9.17, 15) is 0 Å². The molecular formula is C11H18N2S. The molecule has 1 aromatic heterocycles. The Bertz CT molecular complexity index is 302. The van der Waals surface area contributed by atoms with Crippen molar-refractivity contribution in [3.8, 4) is 0 Å². The van der Waals surface area contributed by atoms with Gasteiger partial charge >= 0.3 is 0 Å². The van der Waals surface area contributed by atoms with Crippen LogP contribution in [0.25, 0.3) is 0 Å². The summed E-state index contributed by atoms with van der Waals surface area (Å²) in [6, 6.07) is 0. The Kier molecular flexibility index (Phi) is 2.88. The van der Waals surface area contributed by atoms with Gasteiger partial charge in [0.15, 0.2) is 0 Å². The molecule has 78 valence electrons. The number of nitrogens with one attached hydrogen (secondary N) is 1. The van der Waals surface area contributed by atoms with Crippen LogP contribution >= 0.6 is 11.3 Å². The van der Waals surface area contributed by atoms with Gasteiger partial charge in [-0.2, -0.15) is 0 Å². The third-order valence-electron chi connectivity index (χ3n) is 3.05. The molecular weight excluding hydrogens is 192 g/mol. The largest absolute Gasteiger partial charge is 0.307 e. The lowest BCUT2D eigenvalue weighted by atomic mass is 9.78. The fourth-order valence-corrected chi connectivity index (χ4v) is 2.58. The maximum atomic E-state index is 4.36. The predicted molar refractivity (Wildman–Crippen MR) is 60.6 cm³/mol. The average Bonchev–Trinajstić information content (AvgIpc) is 2.59. The summed E-state index contributed by atoms with van der Waals surface area (Å²) in [5, 5.41) is 4.87. The molecule has 0 amide bonds. The molecule has 1 fully saturated rings. The van der Waals surface area contributed by atoms with Crippen LogP contribution in [-0.2, 0) is 13.0 Å². The zero-order valence-corrected chi connectivity index (χ0v) is 9.78. The highest BCUT2D eigenvalue weighted by Crippen LogP contribution is 2.31. The molecule has 0 radical (unpaired) electrons. The number of aromatic nitrogens is 1. The summed E-state index contributed by atoms with van der Waals surface area (Å²) < 4.78 is 0. The molecule has 0 aliphatic heterocycles. The van der Waals surface area contributed by atoms with Crippen molar-refractivity contribution in [1.29, 1.82) is 0 Å². The molecule has 1 saturated carbocycles. The molecule has 14 heavy (non-hydrogen) atoms. The molecule has 0 saturated heterocycles. The van der Waals surface area contributed by atoms with Crippen molar-refractivity contribution < 1.29 is 0 Å². The van der Waals surface area contributed by atoms with Crippen LogP contribution in [0.15, 0.2) is 6.20 Å². The zero-order chi connectivity index (χ0) is 10.0. The van der Waals surface area contributed by atoms with E-state index < -0.39 is 0 Å². The first-order valence-corrected chi connectivity index (χ1v) is 6.22. The molecule has 0 spiro atoms. The molecule has 0 aromatic carbocycles. The molecule has 0 unspecified atom stereocenters. The van der Waals surface area contributed by atoms with E-state index in [2.05, 4.69) is 24.1 Å². The number of nitrogens with zero attached hydrogens (tertiary/aromatic N) is 1. The van der Waals surface area contributed by atoms with E-state index in [1.807, 2.05) is 17.5 Å². The van der Waals surface area contributed by atoms with Gasteiger partial charge in [0, 0.05) is 23.2 Å². The summed E-state index contributed by atoms with van der Waals surface area (Å²) in [5.74, 6) is 0. The standard InChI is InChI=1S/C11H18N2S/c1-3-10-12-7-9(14-10)8-13-11(2)5-4-6-11/h7,13H,3-6,8H2,1-2H3. The first-order chi connectivity index (χ1) is 6.72. The van der Waals surface area contributed by atoms with Gasteiger partial charge in [-0.3, -0.25) is 0 Å². The number of rotatable bonds is 4. The normalized spacial score (nSPS) is 19.3. The first-order valence-electron chi connectivity index (χ1n) is 5.40. The number of hydrogen-bond acceptors (Lipinski definition) is 3. The van der Waals surface area contributed by atoms with Crippen molar-refractivity contribution in [2.45, 2.75) is 51.6 Å². The van der Waals surface area contributed by atoms with Crippen LogP contribution in [0.3, 0.4) is 0 Å². The smallest absolute Gasteiger partial charge is 0.0925 e. The summed E-state index contributed by atoms with van der Waals surface area (Å²) in [6.45, 7) is 5.47. The Balaban J connectivity index is 1.85. The van der Waals surface area contributed by atoms with Gasteiger partial charge in [0.2, 0.25) is 0 Å². The van der Waals surface area contributed by atoms with Gasteiger partial charge in [0.05, 0.1) is 5.01 Å². The van der Waals surface area contributed by atoms with Crippen molar-refractivity contribution in [2.24, 2.45) is 0 Å². The number of aryl methyl sites for hydroxylation is 1. The van der Waals surface area contributed by atoms with Crippen LogP contribution in [0.1, 0.15) is 43.0 Å². The molecule has 0 atom stereocenters. The van der Waals surface area contributed by atoms with Crippen LogP contribution in [0.2, 0.25) is 0 Å². The van der Waals surface area contributed by atoms with Gasteiger partial charge in [-0.1, -0.05) is 6.92 Å². The second-order valence-electron chi connectivity index (χ2n) is 4.34. The lowest BCUT2D eigenvalue weighted by Gasteiger charge is -2.39. The van der Waals surface area contributed by atoms with Gasteiger partial charge in [-0.05, 0) is 32.6 Å². The zero-order valence-electron chi connectivity index (χ0n) is 8.97. The fraction of sp³-hybridized carbons (Fsp3) is 0.727. The molecule has 1 N–H and O–H groups in total. The van der Waals surface area contributed by atoms with Crippen LogP contribution in [0.5, 0.6) is 0 Å². The summed E-state index contributed by atoms with van der Waals surface area (Å²) in [7, 11) is 0. The van der Waals surface area contributed by atoms with Crippen molar-refractivity contribution in [3.05, 3.63) is 16.1 Å². The van der Waals surface area contributed by atoms with Crippen molar-refractivity contribution >= 4 is 11.3 Å². The van der Waals surface area contributed by atoms with Gasteiger partial charge in [0.25, 0.3) is 0 Å². The Labute approximate surface area is 89.8 Å². The second-order valence-corrected chi connectivity index (χ2v) is 5.54. The van der Waals surface area contributed by atoms with E-state index >= 15 is 0 Å². The number of thiazole rings is 1. The minimum absolute atomic E-state index is 0.413. The Morgan fingerprint density at radius 1 is 1.57 bits per heavy atom. The maximum Gasteiger partial charge on any atom is 0.0925 e. The Morgan fingerprint density at radius 3 is 2.86 bits per heavy atom. The fourth-order valence-electron chi connectivity index (χ4n) is 1.78. The molecule has 2 rings (SSSR count). The number of hydrogen-bond donors (Lipinski definition) is 1. The molecule has 1 aromatic rings. The van der Waals surface area contributed by atoms with Crippen LogP contribution in [0.4, 0.5) is 0 Å². The highest BCUT2D eigenvalue weighted by molar-refractivity contribution is 7.11. The van der Waals surface area contributed by atoms with Gasteiger partial charge in [-0.15, -0.1) is 11.3 Å². The summed E-state index contributed by atoms with van der Waals surface area (Å²) in [5.41, 5.74) is 0.413. The van der Waals surface area contributed by atoms with Crippen LogP contribution in [-0.4, -0.2) is 10.5 Å². The lowest BCUT2D eigenvalue weighted by molar-refractivity contribution is 0.207. The van der Waals surface area contributed by atoms with Crippen molar-refractivity contribution in [1.82, 2.24) is 10.3 Å². The minimum atomic E-state index is 0.413. The van der Waals surface area contributed by atoms with Crippen LogP contribution in [0, 0.1) is 0 Å². The van der Waals surface area contributed by atoms with E-state index in [1.54, 1.807) is 0 Å². The maximum absolute atomic E-state index is 4.36. The first kappa shape index (κ1) is 10.1.